The zero-order valence-electron chi connectivity index (χ0n) is 11.8. The zero-order chi connectivity index (χ0) is 12.4. The summed E-state index contributed by atoms with van der Waals surface area (Å²) >= 11 is 0. The van der Waals surface area contributed by atoms with Crippen LogP contribution in [0, 0.1) is 5.41 Å². The van der Waals surface area contributed by atoms with E-state index in [1.54, 1.807) is 7.11 Å². The minimum atomic E-state index is 0.139. The normalized spacial score (nSPS) is 24.8. The summed E-state index contributed by atoms with van der Waals surface area (Å²) in [5, 5.41) is 3.62. The van der Waals surface area contributed by atoms with Crippen molar-refractivity contribution in [2.24, 2.45) is 5.41 Å². The molecule has 0 aliphatic carbocycles. The molecule has 0 bridgehead atoms. The lowest BCUT2D eigenvalue weighted by atomic mass is 9.84. The Labute approximate surface area is 101 Å². The Morgan fingerprint density at radius 2 is 1.88 bits per heavy atom. The third-order valence-electron chi connectivity index (χ3n) is 3.57. The van der Waals surface area contributed by atoms with Gasteiger partial charge in [0.15, 0.2) is 0 Å². The lowest BCUT2D eigenvalue weighted by Gasteiger charge is -2.47. The van der Waals surface area contributed by atoms with Crippen molar-refractivity contribution >= 4 is 0 Å². The molecule has 0 aromatic carbocycles. The second-order valence-corrected chi connectivity index (χ2v) is 6.56. The molecule has 0 saturated carbocycles. The molecule has 3 nitrogen and oxygen atoms in total. The molecule has 3 heteroatoms. The molecule has 1 fully saturated rings. The van der Waals surface area contributed by atoms with E-state index in [0.29, 0.717) is 11.5 Å². The molecular formula is C13H28N2O. The molecule has 1 atom stereocenters. The smallest absolute Gasteiger partial charge is 0.0641 e. The fraction of sp³-hybridized carbons (Fsp3) is 1.00. The quantitative estimate of drug-likeness (QED) is 0.796. The van der Waals surface area contributed by atoms with Gasteiger partial charge in [-0.05, 0) is 19.3 Å². The maximum Gasteiger partial charge on any atom is 0.0641 e. The third kappa shape index (κ3) is 3.44. The highest BCUT2D eigenvalue weighted by molar-refractivity contribution is 4.92. The first-order valence-electron chi connectivity index (χ1n) is 6.25. The Kier molecular flexibility index (Phi) is 4.38. The van der Waals surface area contributed by atoms with Crippen molar-refractivity contribution in [1.29, 1.82) is 0 Å². The van der Waals surface area contributed by atoms with E-state index in [2.05, 4.69) is 44.8 Å². The van der Waals surface area contributed by atoms with Gasteiger partial charge < -0.3 is 10.1 Å². The second-order valence-electron chi connectivity index (χ2n) is 6.56. The molecule has 0 amide bonds. The van der Waals surface area contributed by atoms with E-state index in [-0.39, 0.29) is 5.54 Å². The number of ether oxygens (including phenoxy) is 1. The molecule has 0 spiro atoms. The summed E-state index contributed by atoms with van der Waals surface area (Å²) in [6.45, 7) is 15.5. The van der Waals surface area contributed by atoms with E-state index in [1.807, 2.05) is 0 Å². The van der Waals surface area contributed by atoms with Crippen LogP contribution in [-0.4, -0.2) is 49.8 Å². The minimum absolute atomic E-state index is 0.139. The van der Waals surface area contributed by atoms with Gasteiger partial charge in [-0.3, -0.25) is 4.90 Å². The van der Waals surface area contributed by atoms with Gasteiger partial charge >= 0.3 is 0 Å². The van der Waals surface area contributed by atoms with Crippen molar-refractivity contribution in [3.8, 4) is 0 Å². The number of nitrogens with zero attached hydrogens (tertiary/aromatic N) is 1. The van der Waals surface area contributed by atoms with E-state index in [1.165, 1.54) is 0 Å². The average molecular weight is 228 g/mol. The fourth-order valence-corrected chi connectivity index (χ4v) is 2.32. The van der Waals surface area contributed by atoms with E-state index < -0.39 is 0 Å². The molecule has 1 unspecified atom stereocenters. The van der Waals surface area contributed by atoms with Crippen molar-refractivity contribution < 1.29 is 4.74 Å². The molecule has 96 valence electrons. The lowest BCUT2D eigenvalue weighted by Crippen LogP contribution is -2.62. The topological polar surface area (TPSA) is 24.5 Å². The van der Waals surface area contributed by atoms with Crippen LogP contribution in [0.3, 0.4) is 0 Å². The maximum absolute atomic E-state index is 5.32. The molecule has 1 rings (SSSR count). The monoisotopic (exact) mass is 228 g/mol. The summed E-state index contributed by atoms with van der Waals surface area (Å²) in [4.78, 5) is 2.54. The Morgan fingerprint density at radius 3 is 2.38 bits per heavy atom. The molecule has 1 aliphatic rings. The van der Waals surface area contributed by atoms with Gasteiger partial charge in [0.1, 0.15) is 0 Å². The standard InChI is InChI=1S/C13H28N2O/c1-12(2,3)11-9-15(8-7-14-11)13(4,5)10-16-6/h11,14H,7-10H2,1-6H3. The minimum Gasteiger partial charge on any atom is -0.383 e. The fourth-order valence-electron chi connectivity index (χ4n) is 2.32. The van der Waals surface area contributed by atoms with Crippen LogP contribution in [-0.2, 0) is 4.74 Å². The summed E-state index contributed by atoms with van der Waals surface area (Å²) in [6, 6.07) is 0.567. The first kappa shape index (κ1) is 13.9. The predicted octanol–water partition coefficient (Wildman–Crippen LogP) is 1.73. The molecule has 1 heterocycles. The van der Waals surface area contributed by atoms with Crippen LogP contribution in [0.1, 0.15) is 34.6 Å². The Bertz CT molecular complexity index is 220. The summed E-state index contributed by atoms with van der Waals surface area (Å²) in [6.07, 6.45) is 0. The molecule has 1 aliphatic heterocycles. The van der Waals surface area contributed by atoms with Crippen molar-refractivity contribution in [3.63, 3.8) is 0 Å². The van der Waals surface area contributed by atoms with E-state index in [0.717, 1.165) is 26.2 Å². The van der Waals surface area contributed by atoms with Crippen molar-refractivity contribution in [2.75, 3.05) is 33.4 Å². The average Bonchev–Trinajstić information content (AvgIpc) is 2.16. The largest absolute Gasteiger partial charge is 0.383 e. The van der Waals surface area contributed by atoms with Gasteiger partial charge in [-0.15, -0.1) is 0 Å². The number of hydrogen-bond donors (Lipinski definition) is 1. The van der Waals surface area contributed by atoms with Gasteiger partial charge in [0.25, 0.3) is 0 Å². The number of methoxy groups -OCH3 is 1. The third-order valence-corrected chi connectivity index (χ3v) is 3.57. The Hall–Kier alpha value is -0.120. The highest BCUT2D eigenvalue weighted by atomic mass is 16.5. The van der Waals surface area contributed by atoms with Crippen molar-refractivity contribution in [2.45, 2.75) is 46.2 Å². The molecule has 16 heavy (non-hydrogen) atoms. The predicted molar refractivity (Wildman–Crippen MR) is 68.8 cm³/mol. The molecule has 0 aromatic heterocycles. The van der Waals surface area contributed by atoms with Crippen LogP contribution >= 0.6 is 0 Å². The molecule has 1 saturated heterocycles. The summed E-state index contributed by atoms with van der Waals surface area (Å²) in [5.74, 6) is 0. The van der Waals surface area contributed by atoms with Gasteiger partial charge in [-0.1, -0.05) is 20.8 Å². The molecule has 0 radical (unpaired) electrons. The Balaban J connectivity index is 2.63. The summed E-state index contributed by atoms with van der Waals surface area (Å²) in [5.41, 5.74) is 0.460. The van der Waals surface area contributed by atoms with Crippen molar-refractivity contribution in [3.05, 3.63) is 0 Å². The summed E-state index contributed by atoms with van der Waals surface area (Å²) in [7, 11) is 1.78. The van der Waals surface area contributed by atoms with Gasteiger partial charge in [-0.2, -0.15) is 0 Å². The van der Waals surface area contributed by atoms with E-state index in [9.17, 15) is 0 Å². The molecule has 1 N–H and O–H groups in total. The summed E-state index contributed by atoms with van der Waals surface area (Å²) < 4.78 is 5.32. The number of nitrogens with one attached hydrogen (secondary N) is 1. The zero-order valence-corrected chi connectivity index (χ0v) is 11.8. The van der Waals surface area contributed by atoms with Crippen LogP contribution < -0.4 is 5.32 Å². The van der Waals surface area contributed by atoms with E-state index in [4.69, 9.17) is 4.74 Å². The van der Waals surface area contributed by atoms with Gasteiger partial charge in [-0.25, -0.2) is 0 Å². The van der Waals surface area contributed by atoms with Crippen LogP contribution in [0.5, 0.6) is 0 Å². The SMILES string of the molecule is COCC(C)(C)N1CCNC(C(C)(C)C)C1. The van der Waals surface area contributed by atoms with Crippen LogP contribution in [0.2, 0.25) is 0 Å². The number of rotatable bonds is 3. The first-order valence-corrected chi connectivity index (χ1v) is 6.25. The second kappa shape index (κ2) is 5.03. The van der Waals surface area contributed by atoms with Gasteiger partial charge in [0.05, 0.1) is 6.61 Å². The van der Waals surface area contributed by atoms with Crippen LogP contribution in [0.25, 0.3) is 0 Å². The van der Waals surface area contributed by atoms with Crippen molar-refractivity contribution in [1.82, 2.24) is 10.2 Å². The van der Waals surface area contributed by atoms with E-state index >= 15 is 0 Å². The van der Waals surface area contributed by atoms with Crippen LogP contribution in [0.4, 0.5) is 0 Å². The number of hydrogen-bond acceptors (Lipinski definition) is 3. The lowest BCUT2D eigenvalue weighted by molar-refractivity contribution is 0.00275. The maximum atomic E-state index is 5.32. The first-order chi connectivity index (χ1) is 7.27. The van der Waals surface area contributed by atoms with Gasteiger partial charge in [0, 0.05) is 38.3 Å². The number of piperazine rings is 1. The highest BCUT2D eigenvalue weighted by Crippen LogP contribution is 2.25. The molecule has 0 aromatic rings. The Morgan fingerprint density at radius 1 is 1.25 bits per heavy atom. The van der Waals surface area contributed by atoms with Crippen LogP contribution in [0.15, 0.2) is 0 Å². The highest BCUT2D eigenvalue weighted by Gasteiger charge is 2.35. The molecular weight excluding hydrogens is 200 g/mol. The van der Waals surface area contributed by atoms with Gasteiger partial charge in [0.2, 0.25) is 0 Å².